The van der Waals surface area contributed by atoms with Crippen molar-refractivity contribution >= 4 is 61.4 Å². The summed E-state index contributed by atoms with van der Waals surface area (Å²) in [4.78, 5) is 120. The van der Waals surface area contributed by atoms with Crippen molar-refractivity contribution in [2.75, 3.05) is 51.9 Å². The molecule has 24 heteroatoms. The number of H-pyrrole nitrogens is 1. The van der Waals surface area contributed by atoms with Gasteiger partial charge in [0, 0.05) is 69.5 Å². The van der Waals surface area contributed by atoms with Crippen LogP contribution < -0.4 is 22.1 Å². The zero-order chi connectivity index (χ0) is 52.5. The Kier molecular flexibility index (Phi) is 27.4. The van der Waals surface area contributed by atoms with Crippen LogP contribution >= 0.6 is 20.5 Å². The van der Waals surface area contributed by atoms with Crippen molar-refractivity contribution in [1.82, 2.24) is 25.5 Å². The minimum absolute atomic E-state index is 0.0418. The number of aliphatic hydroxyl groups is 1. The third-order valence-corrected chi connectivity index (χ3v) is 12.9. The molecule has 1 unspecified atom stereocenters. The number of phosphoric ester groups is 1. The van der Waals surface area contributed by atoms with Crippen LogP contribution in [0, 0.1) is 17.8 Å². The summed E-state index contributed by atoms with van der Waals surface area (Å²) in [6, 6.07) is 5.70. The number of thiol groups is 1. The fraction of sp³-hybridized carbons (Fsp3) is 0.660. The first-order valence-corrected chi connectivity index (χ1v) is 26.2. The molecule has 22 nitrogen and oxygen atoms in total. The number of aromatic nitrogens is 2. The SMILES string of the molecule is CC(C)C[C@H](NC(=O)[C@@H]1C[C@@H](OCCCCc2ccccc2)CN1C(=O)CCOCCOCCCC(=O)[C@@H](N)CS)C(=O)C[C@@H](Cc1cnc[nH]1)C(=O)N[C@@H](CO)C(=O)C[C@H](C(N)=O)C(C)OP(=O)(O)O. The molecule has 0 spiro atoms. The predicted molar refractivity (Wildman–Crippen MR) is 262 cm³/mol. The lowest BCUT2D eigenvalue weighted by atomic mass is 9.89. The van der Waals surface area contributed by atoms with Gasteiger partial charge in [-0.2, -0.15) is 12.6 Å². The van der Waals surface area contributed by atoms with Crippen molar-refractivity contribution in [3.63, 3.8) is 0 Å². The lowest BCUT2D eigenvalue weighted by Gasteiger charge is -2.28. The highest BCUT2D eigenvalue weighted by Gasteiger charge is 2.42. The summed E-state index contributed by atoms with van der Waals surface area (Å²) in [5.41, 5.74) is 12.8. The van der Waals surface area contributed by atoms with Crippen LogP contribution in [0.4, 0.5) is 0 Å². The highest BCUT2D eigenvalue weighted by Crippen LogP contribution is 2.39. The van der Waals surface area contributed by atoms with Gasteiger partial charge in [-0.25, -0.2) is 9.55 Å². The van der Waals surface area contributed by atoms with Crippen LogP contribution in [-0.2, 0) is 69.7 Å². The van der Waals surface area contributed by atoms with E-state index in [1.54, 1.807) is 0 Å². The van der Waals surface area contributed by atoms with Gasteiger partial charge < -0.3 is 61.1 Å². The summed E-state index contributed by atoms with van der Waals surface area (Å²) in [6.45, 7) is 5.23. The number of hydrogen-bond acceptors (Lipinski definition) is 16. The molecule has 1 fully saturated rings. The number of rotatable bonds is 37. The Morgan fingerprint density at radius 3 is 2.21 bits per heavy atom. The second-order valence-electron chi connectivity index (χ2n) is 18.1. The number of nitrogens with zero attached hydrogens (tertiary/aromatic N) is 2. The van der Waals surface area contributed by atoms with Crippen LogP contribution in [0.5, 0.6) is 0 Å². The minimum Gasteiger partial charge on any atom is -0.394 e. The molecule has 398 valence electrons. The van der Waals surface area contributed by atoms with Gasteiger partial charge in [0.25, 0.3) is 0 Å². The number of amides is 4. The number of Topliss-reactive ketones (excluding diaryl/α,β-unsaturated/α-hetero) is 3. The number of unbranched alkanes of at least 4 members (excludes halogenated alkanes) is 1. The average Bonchev–Trinajstić information content (AvgIpc) is 4.01. The monoisotopic (exact) mass is 1040 g/mol. The zero-order valence-electron chi connectivity index (χ0n) is 40.9. The molecule has 2 heterocycles. The van der Waals surface area contributed by atoms with E-state index in [4.69, 9.17) is 25.7 Å². The molecule has 8 atom stereocenters. The number of nitrogens with two attached hydrogens (primary N) is 2. The molecule has 4 amide bonds. The lowest BCUT2D eigenvalue weighted by molar-refractivity contribution is -0.140. The van der Waals surface area contributed by atoms with Gasteiger partial charge in [0.05, 0.1) is 75.3 Å². The van der Waals surface area contributed by atoms with Crippen molar-refractivity contribution in [2.45, 2.75) is 128 Å². The highest BCUT2D eigenvalue weighted by molar-refractivity contribution is 7.80. The van der Waals surface area contributed by atoms with E-state index in [9.17, 15) is 53.0 Å². The van der Waals surface area contributed by atoms with E-state index in [1.165, 1.54) is 23.0 Å². The molecule has 10 N–H and O–H groups in total. The van der Waals surface area contributed by atoms with E-state index in [0.29, 0.717) is 25.3 Å². The van der Waals surface area contributed by atoms with Gasteiger partial charge in [-0.15, -0.1) is 0 Å². The molecular formula is C47H74N7O15PS. The first-order chi connectivity index (χ1) is 33.7. The summed E-state index contributed by atoms with van der Waals surface area (Å²) in [6.07, 6.45) is 3.08. The van der Waals surface area contributed by atoms with E-state index >= 15 is 0 Å². The van der Waals surface area contributed by atoms with E-state index in [2.05, 4.69) is 49.9 Å². The van der Waals surface area contributed by atoms with Gasteiger partial charge in [0.2, 0.25) is 23.6 Å². The topological polar surface area (TPSA) is 342 Å². The molecular weight excluding hydrogens is 966 g/mol. The molecule has 0 radical (unpaired) electrons. The second-order valence-corrected chi connectivity index (χ2v) is 19.7. The van der Waals surface area contributed by atoms with Gasteiger partial charge in [-0.1, -0.05) is 44.2 Å². The molecule has 0 bridgehead atoms. The van der Waals surface area contributed by atoms with E-state index in [-0.39, 0.29) is 81.8 Å². The quantitative estimate of drug-likeness (QED) is 0.0260. The molecule has 0 aliphatic carbocycles. The first-order valence-electron chi connectivity index (χ1n) is 24.0. The highest BCUT2D eigenvalue weighted by atomic mass is 32.1. The fourth-order valence-corrected chi connectivity index (χ4v) is 8.79. The Labute approximate surface area is 420 Å². The largest absolute Gasteiger partial charge is 0.469 e. The normalized spacial score (nSPS) is 17.5. The van der Waals surface area contributed by atoms with E-state index in [1.807, 2.05) is 32.0 Å². The van der Waals surface area contributed by atoms with Crippen LogP contribution in [0.15, 0.2) is 42.9 Å². The number of primary amides is 1. The number of carbonyl (C=O) groups is 7. The van der Waals surface area contributed by atoms with Crippen LogP contribution in [0.25, 0.3) is 0 Å². The standard InChI is InChI=1S/C47H74N7O15PS/c1-30(2)20-38(42(57)22-33(21-34-25-50-29-51-34)46(61)53-39(27-55)43(58)24-36(45(49)60)31(3)69-70(63,64)65)52-47(62)40-23-35(68-16-8-7-12-32-10-5-4-6-11-32)26-54(40)44(59)14-17-67-19-18-66-15-9-13-41(56)37(48)28-71/h4-6,10-11,25,29-31,33,35-40,55,71H,7-9,12-24,26-28,48H2,1-3H3,(H2,49,60)(H,50,51)(H,52,62)(H,53,61)(H2,63,64,65)/t31?,33-,35-,36+,37+,38+,39+,40+/m1/s1. The smallest absolute Gasteiger partial charge is 0.394 e. The van der Waals surface area contributed by atoms with Gasteiger partial charge in [-0.3, -0.25) is 38.1 Å². The summed E-state index contributed by atoms with van der Waals surface area (Å²) < 4.78 is 33.4. The minimum atomic E-state index is -5.09. The number of carbonyl (C=O) groups excluding carboxylic acids is 7. The Morgan fingerprint density at radius 2 is 1.59 bits per heavy atom. The molecule has 1 aliphatic heterocycles. The van der Waals surface area contributed by atoms with E-state index < -0.39 is 105 Å². The molecule has 71 heavy (non-hydrogen) atoms. The number of imidazole rings is 1. The maximum Gasteiger partial charge on any atom is 0.469 e. The molecule has 0 saturated carbocycles. The predicted octanol–water partition coefficient (Wildman–Crippen LogP) is 1.13. The van der Waals surface area contributed by atoms with Crippen molar-refractivity contribution < 1.29 is 71.8 Å². The maximum absolute atomic E-state index is 14.3. The number of aromatic amines is 1. The summed E-state index contributed by atoms with van der Waals surface area (Å²) in [5.74, 6) is -6.98. The summed E-state index contributed by atoms with van der Waals surface area (Å²) in [5, 5.41) is 15.5. The van der Waals surface area contributed by atoms with Gasteiger partial charge >= 0.3 is 7.82 Å². The van der Waals surface area contributed by atoms with Gasteiger partial charge in [-0.05, 0) is 50.5 Å². The van der Waals surface area contributed by atoms with Crippen LogP contribution in [-0.4, -0.2) is 159 Å². The van der Waals surface area contributed by atoms with Crippen molar-refractivity contribution in [1.29, 1.82) is 0 Å². The third-order valence-electron chi connectivity index (χ3n) is 11.9. The summed E-state index contributed by atoms with van der Waals surface area (Å²) in [7, 11) is -5.09. The molecule has 2 aromatic rings. The molecule has 1 saturated heterocycles. The van der Waals surface area contributed by atoms with Gasteiger partial charge in [0.1, 0.15) is 17.9 Å². The van der Waals surface area contributed by atoms with Gasteiger partial charge in [0.15, 0.2) is 11.6 Å². The molecule has 1 aliphatic rings. The molecule has 1 aromatic carbocycles. The number of ether oxygens (including phenoxy) is 3. The molecule has 3 rings (SSSR count). The number of hydrogen-bond donors (Lipinski definition) is 9. The average molecular weight is 1040 g/mol. The number of aryl methyl sites for hydroxylation is 1. The maximum atomic E-state index is 14.3. The first kappa shape index (κ1) is 60.9. The lowest BCUT2D eigenvalue weighted by Crippen LogP contribution is -2.52. The van der Waals surface area contributed by atoms with Crippen LogP contribution in [0.3, 0.4) is 0 Å². The number of ketones is 3. The molecule has 1 aromatic heterocycles. The Balaban J connectivity index is 1.72. The number of likely N-dealkylation sites (tertiary alicyclic amines) is 1. The third kappa shape index (κ3) is 22.9. The Hall–Kier alpha value is -4.42. The number of benzene rings is 1. The Bertz CT molecular complexity index is 2030. The number of nitrogens with one attached hydrogen (secondary N) is 3. The van der Waals surface area contributed by atoms with E-state index in [0.717, 1.165) is 26.2 Å². The number of aliphatic hydroxyl groups excluding tert-OH is 1. The van der Waals surface area contributed by atoms with Crippen LogP contribution in [0.2, 0.25) is 0 Å². The van der Waals surface area contributed by atoms with Crippen molar-refractivity contribution in [3.8, 4) is 0 Å². The number of phosphoric acid groups is 1. The van der Waals surface area contributed by atoms with Crippen LogP contribution in [0.1, 0.15) is 89.8 Å². The second kappa shape index (κ2) is 31.9. The zero-order valence-corrected chi connectivity index (χ0v) is 42.6. The van der Waals surface area contributed by atoms with Crippen molar-refractivity contribution in [3.05, 3.63) is 54.1 Å². The summed E-state index contributed by atoms with van der Waals surface area (Å²) >= 11 is 4.04. The Morgan fingerprint density at radius 1 is 0.901 bits per heavy atom. The fourth-order valence-electron chi connectivity index (χ4n) is 8.01. The van der Waals surface area contributed by atoms with Crippen molar-refractivity contribution in [2.24, 2.45) is 29.2 Å².